The Bertz CT molecular complexity index is 544. The summed E-state index contributed by atoms with van der Waals surface area (Å²) in [6.07, 6.45) is 0.457. The summed E-state index contributed by atoms with van der Waals surface area (Å²) < 4.78 is 30.3. The van der Waals surface area contributed by atoms with Crippen molar-refractivity contribution in [2.75, 3.05) is 30.8 Å². The summed E-state index contributed by atoms with van der Waals surface area (Å²) in [4.78, 5) is 0.243. The predicted molar refractivity (Wildman–Crippen MR) is 81.0 cm³/mol. The first-order valence-electron chi connectivity index (χ1n) is 5.74. The van der Waals surface area contributed by atoms with Crippen LogP contribution in [0.1, 0.15) is 12.0 Å². The molecule has 0 fully saturated rings. The number of ether oxygens (including phenoxy) is 1. The molecule has 106 valence electrons. The van der Waals surface area contributed by atoms with E-state index in [-0.39, 0.29) is 10.7 Å². The van der Waals surface area contributed by atoms with E-state index >= 15 is 0 Å². The number of rotatable bonds is 7. The van der Waals surface area contributed by atoms with Crippen molar-refractivity contribution in [1.29, 1.82) is 0 Å². The number of thiocarbonyl (C=S) groups is 1. The van der Waals surface area contributed by atoms with E-state index in [0.717, 1.165) is 0 Å². The van der Waals surface area contributed by atoms with Crippen molar-refractivity contribution in [3.8, 4) is 0 Å². The van der Waals surface area contributed by atoms with Crippen molar-refractivity contribution < 1.29 is 13.2 Å². The minimum atomic E-state index is -3.36. The molecule has 0 aliphatic rings. The van der Waals surface area contributed by atoms with Gasteiger partial charge in [0.15, 0.2) is 0 Å². The number of benzene rings is 1. The lowest BCUT2D eigenvalue weighted by Gasteiger charge is -2.20. The molecule has 0 unspecified atom stereocenters. The van der Waals surface area contributed by atoms with Crippen LogP contribution in [0.2, 0.25) is 0 Å². The second-order valence-electron chi connectivity index (χ2n) is 4.04. The number of methoxy groups -OCH3 is 1. The summed E-state index contributed by atoms with van der Waals surface area (Å²) in [5.41, 5.74) is 6.73. The van der Waals surface area contributed by atoms with Gasteiger partial charge in [0, 0.05) is 26.3 Å². The highest BCUT2D eigenvalue weighted by atomic mass is 32.2. The lowest BCUT2D eigenvalue weighted by atomic mass is 10.2. The van der Waals surface area contributed by atoms with E-state index in [1.807, 2.05) is 0 Å². The molecule has 2 N–H and O–H groups in total. The van der Waals surface area contributed by atoms with E-state index in [9.17, 15) is 8.42 Å². The first-order chi connectivity index (χ1) is 8.88. The standard InChI is InChI=1S/C12H18N2O3S2/c1-14(19(15,16)8-4-7-17-2)11-6-3-5-10(9-11)12(13)18/h3,5-6,9H,4,7-8H2,1-2H3,(H2,13,18). The molecule has 1 rings (SSSR count). The summed E-state index contributed by atoms with van der Waals surface area (Å²) in [6, 6.07) is 6.84. The van der Waals surface area contributed by atoms with E-state index < -0.39 is 10.0 Å². The normalized spacial score (nSPS) is 11.3. The summed E-state index contributed by atoms with van der Waals surface area (Å²) in [6.45, 7) is 0.417. The Labute approximate surface area is 119 Å². The Balaban J connectivity index is 2.90. The second-order valence-corrected chi connectivity index (χ2v) is 6.60. The number of nitrogens with two attached hydrogens (primary N) is 1. The van der Waals surface area contributed by atoms with Crippen LogP contribution in [0.15, 0.2) is 24.3 Å². The lowest BCUT2D eigenvalue weighted by molar-refractivity contribution is 0.199. The van der Waals surface area contributed by atoms with Gasteiger partial charge in [0.2, 0.25) is 10.0 Å². The van der Waals surface area contributed by atoms with Crippen LogP contribution in [0.5, 0.6) is 0 Å². The maximum atomic E-state index is 12.1. The van der Waals surface area contributed by atoms with Crippen molar-refractivity contribution in [2.45, 2.75) is 6.42 Å². The zero-order valence-electron chi connectivity index (χ0n) is 11.0. The highest BCUT2D eigenvalue weighted by Gasteiger charge is 2.18. The van der Waals surface area contributed by atoms with E-state index in [0.29, 0.717) is 24.3 Å². The predicted octanol–water partition coefficient (Wildman–Crippen LogP) is 1.12. The Hall–Kier alpha value is -1.18. The first-order valence-corrected chi connectivity index (χ1v) is 7.75. The largest absolute Gasteiger partial charge is 0.389 e. The van der Waals surface area contributed by atoms with Gasteiger partial charge in [0.05, 0.1) is 11.4 Å². The summed E-state index contributed by atoms with van der Waals surface area (Å²) in [5.74, 6) is 0.0363. The van der Waals surface area contributed by atoms with E-state index in [4.69, 9.17) is 22.7 Å². The topological polar surface area (TPSA) is 72.6 Å². The van der Waals surface area contributed by atoms with Crippen molar-refractivity contribution in [1.82, 2.24) is 0 Å². The quantitative estimate of drug-likeness (QED) is 0.604. The Morgan fingerprint density at radius 2 is 2.16 bits per heavy atom. The average molecular weight is 302 g/mol. The van der Waals surface area contributed by atoms with E-state index in [1.54, 1.807) is 31.4 Å². The molecule has 0 heterocycles. The molecule has 0 aliphatic carbocycles. The van der Waals surface area contributed by atoms with E-state index in [2.05, 4.69) is 0 Å². The molecule has 0 aromatic heterocycles. The van der Waals surface area contributed by atoms with Crippen LogP contribution in [0, 0.1) is 0 Å². The van der Waals surface area contributed by atoms with Crippen molar-refractivity contribution in [3.63, 3.8) is 0 Å². The van der Waals surface area contributed by atoms with Crippen molar-refractivity contribution in [2.24, 2.45) is 5.73 Å². The van der Waals surface area contributed by atoms with Gasteiger partial charge in [-0.3, -0.25) is 4.31 Å². The Morgan fingerprint density at radius 1 is 1.47 bits per heavy atom. The van der Waals surface area contributed by atoms with Crippen LogP contribution in [0.4, 0.5) is 5.69 Å². The summed E-state index contributed by atoms with van der Waals surface area (Å²) >= 11 is 4.88. The van der Waals surface area contributed by atoms with Crippen LogP contribution in [-0.4, -0.2) is 39.9 Å². The molecule has 1 aromatic carbocycles. The minimum Gasteiger partial charge on any atom is -0.389 e. The molecule has 0 spiro atoms. The fourth-order valence-electron chi connectivity index (χ4n) is 1.54. The van der Waals surface area contributed by atoms with Crippen LogP contribution >= 0.6 is 12.2 Å². The summed E-state index contributed by atoms with van der Waals surface area (Å²) in [7, 11) is -0.300. The SMILES string of the molecule is COCCCS(=O)(=O)N(C)c1cccc(C(N)=S)c1. The van der Waals surface area contributed by atoms with Gasteiger partial charge in [-0.25, -0.2) is 8.42 Å². The molecule has 19 heavy (non-hydrogen) atoms. The third kappa shape index (κ3) is 4.45. The van der Waals surface area contributed by atoms with Gasteiger partial charge in [-0.05, 0) is 18.6 Å². The van der Waals surface area contributed by atoms with Gasteiger partial charge in [0.1, 0.15) is 4.99 Å². The highest BCUT2D eigenvalue weighted by Crippen LogP contribution is 2.18. The highest BCUT2D eigenvalue weighted by molar-refractivity contribution is 7.92. The maximum Gasteiger partial charge on any atom is 0.234 e. The van der Waals surface area contributed by atoms with Crippen molar-refractivity contribution in [3.05, 3.63) is 29.8 Å². The van der Waals surface area contributed by atoms with Gasteiger partial charge in [-0.2, -0.15) is 0 Å². The number of hydrogen-bond acceptors (Lipinski definition) is 4. The Kier molecular flexibility index (Phi) is 5.71. The van der Waals surface area contributed by atoms with Crippen LogP contribution < -0.4 is 10.0 Å². The van der Waals surface area contributed by atoms with E-state index in [1.165, 1.54) is 11.4 Å². The molecule has 0 bridgehead atoms. The number of nitrogens with zero attached hydrogens (tertiary/aromatic N) is 1. The van der Waals surface area contributed by atoms with Crippen molar-refractivity contribution >= 4 is 32.9 Å². The first kappa shape index (κ1) is 15.9. The van der Waals surface area contributed by atoms with Gasteiger partial charge in [-0.1, -0.05) is 24.4 Å². The Morgan fingerprint density at radius 3 is 2.74 bits per heavy atom. The van der Waals surface area contributed by atoms with Gasteiger partial charge in [0.25, 0.3) is 0 Å². The third-order valence-corrected chi connectivity index (χ3v) is 4.75. The fraction of sp³-hybridized carbons (Fsp3) is 0.417. The van der Waals surface area contributed by atoms with Crippen LogP contribution in [-0.2, 0) is 14.8 Å². The zero-order valence-corrected chi connectivity index (χ0v) is 12.6. The third-order valence-electron chi connectivity index (χ3n) is 2.66. The second kappa shape index (κ2) is 6.83. The number of sulfonamides is 1. The molecule has 0 saturated heterocycles. The molecule has 0 saturated carbocycles. The van der Waals surface area contributed by atoms with Crippen LogP contribution in [0.3, 0.4) is 0 Å². The molecule has 0 atom stereocenters. The number of anilines is 1. The molecular formula is C12H18N2O3S2. The molecular weight excluding hydrogens is 284 g/mol. The molecule has 7 heteroatoms. The fourth-order valence-corrected chi connectivity index (χ4v) is 2.86. The summed E-state index contributed by atoms with van der Waals surface area (Å²) in [5, 5.41) is 0. The number of hydrogen-bond donors (Lipinski definition) is 1. The molecule has 1 aromatic rings. The molecule has 0 aliphatic heterocycles. The van der Waals surface area contributed by atoms with Gasteiger partial charge >= 0.3 is 0 Å². The maximum absolute atomic E-state index is 12.1. The van der Waals surface area contributed by atoms with Gasteiger partial charge in [-0.15, -0.1) is 0 Å². The smallest absolute Gasteiger partial charge is 0.234 e. The average Bonchev–Trinajstić information content (AvgIpc) is 2.38. The zero-order chi connectivity index (χ0) is 14.5. The molecule has 0 radical (unpaired) electrons. The molecule has 5 nitrogen and oxygen atoms in total. The lowest BCUT2D eigenvalue weighted by Crippen LogP contribution is -2.29. The monoisotopic (exact) mass is 302 g/mol. The minimum absolute atomic E-state index is 0.0363. The van der Waals surface area contributed by atoms with Crippen LogP contribution in [0.25, 0.3) is 0 Å². The molecule has 0 amide bonds. The van der Waals surface area contributed by atoms with Gasteiger partial charge < -0.3 is 10.5 Å².